The van der Waals surface area contributed by atoms with E-state index in [0.29, 0.717) is 42.0 Å². The molecule has 1 atom stereocenters. The number of amides is 2. The van der Waals surface area contributed by atoms with Gasteiger partial charge in [-0.1, -0.05) is 80.9 Å². The first-order valence-corrected chi connectivity index (χ1v) is 16.1. The van der Waals surface area contributed by atoms with Gasteiger partial charge in [-0.05, 0) is 78.9 Å². The van der Waals surface area contributed by atoms with Gasteiger partial charge in [0.15, 0.2) is 0 Å². The SMILES string of the molecule is CCC/C=C(\N=C(C)N1N=C(c2cccc(NOC)c2)CC1c1ccc(F)cc1)c1cccc(N(C=O)C(=O)c2ccccc2CC)c1. The molecule has 0 aliphatic carbocycles. The maximum Gasteiger partial charge on any atom is 0.265 e. The Kier molecular flexibility index (Phi) is 11.3. The Balaban J connectivity index is 1.52. The van der Waals surface area contributed by atoms with Crippen molar-refractivity contribution in [2.45, 2.75) is 52.5 Å². The zero-order valence-electron chi connectivity index (χ0n) is 27.7. The number of aliphatic imine (C=N–C) groups is 1. The second kappa shape index (κ2) is 15.9. The normalized spacial score (nSPS) is 14.9. The number of imide groups is 1. The van der Waals surface area contributed by atoms with E-state index >= 15 is 0 Å². The van der Waals surface area contributed by atoms with Crippen LogP contribution in [0.15, 0.2) is 113 Å². The fourth-order valence-electron chi connectivity index (χ4n) is 5.75. The molecular formula is C39H40FN5O3. The van der Waals surface area contributed by atoms with E-state index in [9.17, 15) is 14.0 Å². The van der Waals surface area contributed by atoms with Gasteiger partial charge >= 0.3 is 0 Å². The van der Waals surface area contributed by atoms with E-state index in [1.807, 2.05) is 73.5 Å². The van der Waals surface area contributed by atoms with Gasteiger partial charge in [0.1, 0.15) is 11.7 Å². The maximum absolute atomic E-state index is 13.9. The number of allylic oxidation sites excluding steroid dienone is 1. The minimum absolute atomic E-state index is 0.219. The third-order valence-corrected chi connectivity index (χ3v) is 8.19. The van der Waals surface area contributed by atoms with Gasteiger partial charge in [0.05, 0.1) is 35.9 Å². The van der Waals surface area contributed by atoms with E-state index in [2.05, 4.69) is 18.5 Å². The molecule has 48 heavy (non-hydrogen) atoms. The number of nitrogens with zero attached hydrogens (tertiary/aromatic N) is 4. The summed E-state index contributed by atoms with van der Waals surface area (Å²) >= 11 is 0. The van der Waals surface area contributed by atoms with Gasteiger partial charge in [0.2, 0.25) is 6.41 Å². The molecule has 1 unspecified atom stereocenters. The summed E-state index contributed by atoms with van der Waals surface area (Å²) in [4.78, 5) is 37.2. The standard InChI is InChI=1S/C39H40FN5O3/c1-5-7-18-36(31-14-11-16-34(24-31)44(26-46)39(47)35-17-9-8-12-28(35)6-2)41-27(3)45-38(29-19-21-32(40)22-20-29)25-37(42-45)30-13-10-15-33(23-30)43-48-4/h8-24,26,38,43H,5-7,25H2,1-4H3/b36-18-,41-27?. The number of carbonyl (C=O) groups excluding carboxylic acids is 2. The maximum atomic E-state index is 13.9. The number of aryl methyl sites for hydroxylation is 1. The molecule has 0 radical (unpaired) electrons. The molecule has 0 saturated carbocycles. The van der Waals surface area contributed by atoms with Crippen molar-refractivity contribution < 1.29 is 18.8 Å². The predicted molar refractivity (Wildman–Crippen MR) is 190 cm³/mol. The van der Waals surface area contributed by atoms with Crippen molar-refractivity contribution in [1.29, 1.82) is 0 Å². The van der Waals surface area contributed by atoms with Crippen molar-refractivity contribution in [3.8, 4) is 0 Å². The largest absolute Gasteiger partial charge is 0.279 e. The number of carbonyl (C=O) groups is 2. The highest BCUT2D eigenvalue weighted by atomic mass is 19.1. The molecule has 0 saturated heterocycles. The molecule has 1 heterocycles. The Morgan fingerprint density at radius 1 is 1.04 bits per heavy atom. The van der Waals surface area contributed by atoms with Gasteiger partial charge in [-0.25, -0.2) is 19.3 Å². The van der Waals surface area contributed by atoms with E-state index < -0.39 is 0 Å². The molecule has 8 nitrogen and oxygen atoms in total. The number of hydrogen-bond donors (Lipinski definition) is 1. The van der Waals surface area contributed by atoms with Crippen LogP contribution in [0.5, 0.6) is 0 Å². The highest BCUT2D eigenvalue weighted by molar-refractivity contribution is 6.16. The van der Waals surface area contributed by atoms with Crippen LogP contribution in [0.4, 0.5) is 15.8 Å². The zero-order chi connectivity index (χ0) is 34.0. The summed E-state index contributed by atoms with van der Waals surface area (Å²) in [7, 11) is 1.56. The van der Waals surface area contributed by atoms with Crippen LogP contribution in [-0.2, 0) is 16.1 Å². The van der Waals surface area contributed by atoms with Crippen molar-refractivity contribution in [3.63, 3.8) is 0 Å². The average molecular weight is 646 g/mol. The van der Waals surface area contributed by atoms with Crippen LogP contribution in [0.25, 0.3) is 5.70 Å². The molecule has 1 aliphatic heterocycles. The van der Waals surface area contributed by atoms with E-state index in [1.54, 1.807) is 37.4 Å². The number of benzene rings is 4. The van der Waals surface area contributed by atoms with Gasteiger partial charge < -0.3 is 0 Å². The molecule has 5 rings (SSSR count). The summed E-state index contributed by atoms with van der Waals surface area (Å²) in [5, 5.41) is 6.91. The molecule has 1 N–H and O–H groups in total. The summed E-state index contributed by atoms with van der Waals surface area (Å²) < 4.78 is 13.9. The lowest BCUT2D eigenvalue weighted by molar-refractivity contribution is -0.106. The van der Waals surface area contributed by atoms with Gasteiger partial charge in [0.25, 0.3) is 5.91 Å². The number of rotatable bonds is 12. The first-order valence-electron chi connectivity index (χ1n) is 16.1. The van der Waals surface area contributed by atoms with Crippen molar-refractivity contribution >= 4 is 40.9 Å². The average Bonchev–Trinajstić information content (AvgIpc) is 3.57. The summed E-state index contributed by atoms with van der Waals surface area (Å²) in [5.41, 5.74) is 9.61. The second-order valence-electron chi connectivity index (χ2n) is 11.4. The molecule has 0 bridgehead atoms. The molecule has 4 aromatic carbocycles. The van der Waals surface area contributed by atoms with Gasteiger partial charge in [0, 0.05) is 17.5 Å². The first-order chi connectivity index (χ1) is 23.4. The summed E-state index contributed by atoms with van der Waals surface area (Å²) in [6.07, 6.45) is 5.53. The fraction of sp³-hybridized carbons (Fsp3) is 0.231. The molecule has 246 valence electrons. The van der Waals surface area contributed by atoms with E-state index in [-0.39, 0.29) is 17.8 Å². The van der Waals surface area contributed by atoms with Crippen LogP contribution in [0.3, 0.4) is 0 Å². The first kappa shape index (κ1) is 33.9. The van der Waals surface area contributed by atoms with Gasteiger partial charge in [-0.3, -0.25) is 19.9 Å². The number of amidine groups is 1. The molecule has 9 heteroatoms. The molecule has 2 amide bonds. The van der Waals surface area contributed by atoms with E-state index in [0.717, 1.165) is 51.4 Å². The number of halogens is 1. The Bertz CT molecular complexity index is 1850. The number of unbranched alkanes of at least 4 members (excludes halogenated alkanes) is 1. The zero-order valence-corrected chi connectivity index (χ0v) is 27.7. The van der Waals surface area contributed by atoms with Crippen LogP contribution in [0.1, 0.15) is 78.7 Å². The highest BCUT2D eigenvalue weighted by Gasteiger charge is 2.31. The van der Waals surface area contributed by atoms with Crippen molar-refractivity contribution in [2.24, 2.45) is 10.1 Å². The van der Waals surface area contributed by atoms with E-state index in [1.165, 1.54) is 12.1 Å². The highest BCUT2D eigenvalue weighted by Crippen LogP contribution is 2.35. The Morgan fingerprint density at radius 2 is 1.81 bits per heavy atom. The van der Waals surface area contributed by atoms with Crippen molar-refractivity contribution in [2.75, 3.05) is 17.5 Å². The number of hydrazone groups is 1. The molecular weight excluding hydrogens is 605 g/mol. The number of anilines is 2. The van der Waals surface area contributed by atoms with Crippen LogP contribution in [0.2, 0.25) is 0 Å². The molecule has 0 aromatic heterocycles. The minimum Gasteiger partial charge on any atom is -0.279 e. The molecule has 0 spiro atoms. The number of nitrogens with one attached hydrogen (secondary N) is 1. The summed E-state index contributed by atoms with van der Waals surface area (Å²) in [6.45, 7) is 5.97. The second-order valence-corrected chi connectivity index (χ2v) is 11.4. The van der Waals surface area contributed by atoms with Crippen molar-refractivity contribution in [3.05, 3.63) is 137 Å². The quantitative estimate of drug-likeness (QED) is 0.0722. The molecule has 4 aromatic rings. The van der Waals surface area contributed by atoms with Crippen LogP contribution < -0.4 is 10.4 Å². The summed E-state index contributed by atoms with van der Waals surface area (Å²) in [6, 6.07) is 28.7. The third kappa shape index (κ3) is 7.75. The Morgan fingerprint density at radius 3 is 2.54 bits per heavy atom. The lowest BCUT2D eigenvalue weighted by Crippen LogP contribution is -2.30. The van der Waals surface area contributed by atoms with Crippen LogP contribution in [0, 0.1) is 5.82 Å². The van der Waals surface area contributed by atoms with E-state index in [4.69, 9.17) is 14.9 Å². The molecule has 0 fully saturated rings. The lowest BCUT2D eigenvalue weighted by Gasteiger charge is -2.24. The van der Waals surface area contributed by atoms with Crippen molar-refractivity contribution in [1.82, 2.24) is 5.01 Å². The lowest BCUT2D eigenvalue weighted by atomic mass is 9.98. The molecule has 1 aliphatic rings. The predicted octanol–water partition coefficient (Wildman–Crippen LogP) is 8.58. The van der Waals surface area contributed by atoms with Crippen LogP contribution in [-0.4, -0.2) is 36.0 Å². The minimum atomic E-state index is -0.385. The monoisotopic (exact) mass is 645 g/mol. The summed E-state index contributed by atoms with van der Waals surface area (Å²) in [5.74, 6) is -0.0541. The Labute approximate surface area is 281 Å². The fourth-order valence-corrected chi connectivity index (χ4v) is 5.75. The third-order valence-electron chi connectivity index (χ3n) is 8.19. The topological polar surface area (TPSA) is 86.6 Å². The van der Waals surface area contributed by atoms with Crippen LogP contribution >= 0.6 is 0 Å². The smallest absolute Gasteiger partial charge is 0.265 e. The van der Waals surface area contributed by atoms with Gasteiger partial charge in [-0.2, -0.15) is 5.10 Å². The Hall–Kier alpha value is -5.41. The number of hydrogen-bond acceptors (Lipinski definition) is 6. The van der Waals surface area contributed by atoms with Gasteiger partial charge in [-0.15, -0.1) is 0 Å².